The highest BCUT2D eigenvalue weighted by molar-refractivity contribution is 5.78. The van der Waals surface area contributed by atoms with Gasteiger partial charge < -0.3 is 40.9 Å². The SMILES string of the molecule is CCCN[C@H](CCC(O)NCC(O)CNCC(=O)O[C@@H](C)C(=O)O)C(O)O. The van der Waals surface area contributed by atoms with Gasteiger partial charge in [0.15, 0.2) is 12.4 Å². The Bertz CT molecular complexity index is 424. The molecule has 0 aromatic rings. The van der Waals surface area contributed by atoms with Crippen LogP contribution in [0, 0.1) is 0 Å². The summed E-state index contributed by atoms with van der Waals surface area (Å²) in [6.07, 6.45) is -3.19. The summed E-state index contributed by atoms with van der Waals surface area (Å²) in [5.41, 5.74) is 0. The van der Waals surface area contributed by atoms with Gasteiger partial charge in [0.25, 0.3) is 0 Å². The van der Waals surface area contributed by atoms with Gasteiger partial charge in [0.05, 0.1) is 18.7 Å². The lowest BCUT2D eigenvalue weighted by atomic mass is 10.1. The average Bonchev–Trinajstić information content (AvgIpc) is 2.59. The predicted octanol–water partition coefficient (Wildman–Crippen LogP) is -2.68. The Morgan fingerprint density at radius 2 is 1.70 bits per heavy atom. The lowest BCUT2D eigenvalue weighted by Crippen LogP contribution is -2.44. The van der Waals surface area contributed by atoms with Crippen molar-refractivity contribution < 1.29 is 39.9 Å². The molecule has 0 heterocycles. The minimum atomic E-state index is -1.53. The van der Waals surface area contributed by atoms with Crippen molar-refractivity contribution >= 4 is 11.9 Å². The second-order valence-electron chi connectivity index (χ2n) is 6.23. The summed E-state index contributed by atoms with van der Waals surface area (Å²) in [4.78, 5) is 21.9. The third-order valence-corrected chi connectivity index (χ3v) is 3.66. The van der Waals surface area contributed by atoms with Crippen molar-refractivity contribution in [3.63, 3.8) is 0 Å². The van der Waals surface area contributed by atoms with Crippen LogP contribution in [0.1, 0.15) is 33.1 Å². The zero-order valence-electron chi connectivity index (χ0n) is 15.8. The van der Waals surface area contributed by atoms with E-state index in [2.05, 4.69) is 20.7 Å². The highest BCUT2D eigenvalue weighted by atomic mass is 16.6. The normalized spacial score (nSPS) is 16.0. The number of aliphatic hydroxyl groups is 4. The monoisotopic (exact) mass is 395 g/mol. The van der Waals surface area contributed by atoms with Gasteiger partial charge in [-0.15, -0.1) is 0 Å². The van der Waals surface area contributed by atoms with Crippen LogP contribution in [0.3, 0.4) is 0 Å². The van der Waals surface area contributed by atoms with E-state index in [4.69, 9.17) is 5.11 Å². The van der Waals surface area contributed by atoms with Crippen LogP contribution in [0.15, 0.2) is 0 Å². The zero-order valence-corrected chi connectivity index (χ0v) is 15.8. The molecule has 0 saturated carbocycles. The number of ether oxygens (including phenoxy) is 1. The molecule has 0 aromatic carbocycles. The maximum Gasteiger partial charge on any atom is 0.344 e. The zero-order chi connectivity index (χ0) is 20.8. The first-order valence-electron chi connectivity index (χ1n) is 8.99. The Morgan fingerprint density at radius 1 is 1.04 bits per heavy atom. The van der Waals surface area contributed by atoms with Gasteiger partial charge in [0.2, 0.25) is 0 Å². The van der Waals surface area contributed by atoms with Crippen LogP contribution < -0.4 is 16.0 Å². The van der Waals surface area contributed by atoms with E-state index in [1.165, 1.54) is 6.92 Å². The Balaban J connectivity index is 3.91. The number of carbonyl (C=O) groups excluding carboxylic acids is 1. The number of carbonyl (C=O) groups is 2. The number of aliphatic hydroxyl groups excluding tert-OH is 3. The van der Waals surface area contributed by atoms with E-state index >= 15 is 0 Å². The molecular weight excluding hydrogens is 362 g/mol. The van der Waals surface area contributed by atoms with E-state index in [-0.39, 0.29) is 26.1 Å². The van der Waals surface area contributed by atoms with Crippen molar-refractivity contribution in [2.45, 2.75) is 63.9 Å². The lowest BCUT2D eigenvalue weighted by Gasteiger charge is -2.22. The van der Waals surface area contributed by atoms with Gasteiger partial charge in [-0.1, -0.05) is 6.92 Å². The Kier molecular flexibility index (Phi) is 14.0. The van der Waals surface area contributed by atoms with Gasteiger partial charge in [-0.2, -0.15) is 0 Å². The fourth-order valence-corrected chi connectivity index (χ4v) is 2.10. The summed E-state index contributed by atoms with van der Waals surface area (Å²) < 4.78 is 4.61. The molecule has 11 nitrogen and oxygen atoms in total. The maximum absolute atomic E-state index is 11.4. The van der Waals surface area contributed by atoms with E-state index in [0.29, 0.717) is 13.0 Å². The Hall–Kier alpha value is -1.34. The number of nitrogens with one attached hydrogen (secondary N) is 3. The summed E-state index contributed by atoms with van der Waals surface area (Å²) in [6, 6.07) is -0.549. The summed E-state index contributed by atoms with van der Waals surface area (Å²) >= 11 is 0. The summed E-state index contributed by atoms with van der Waals surface area (Å²) in [5.74, 6) is -2.00. The molecule has 0 fully saturated rings. The van der Waals surface area contributed by atoms with Gasteiger partial charge >= 0.3 is 11.9 Å². The van der Waals surface area contributed by atoms with Crippen molar-refractivity contribution in [2.75, 3.05) is 26.2 Å². The maximum atomic E-state index is 11.4. The summed E-state index contributed by atoms with van der Waals surface area (Å²) in [5, 5.41) is 55.1. The third kappa shape index (κ3) is 13.5. The van der Waals surface area contributed by atoms with E-state index in [9.17, 15) is 30.0 Å². The fraction of sp³-hybridized carbons (Fsp3) is 0.875. The number of esters is 1. The smallest absolute Gasteiger partial charge is 0.344 e. The topological polar surface area (TPSA) is 181 Å². The van der Waals surface area contributed by atoms with Crippen LogP contribution in [-0.2, 0) is 14.3 Å². The predicted molar refractivity (Wildman–Crippen MR) is 95.6 cm³/mol. The van der Waals surface area contributed by atoms with Crippen LogP contribution in [0.4, 0.5) is 0 Å². The molecule has 27 heavy (non-hydrogen) atoms. The second kappa shape index (κ2) is 14.7. The number of hydrogen-bond acceptors (Lipinski definition) is 10. The van der Waals surface area contributed by atoms with Gasteiger partial charge in [0, 0.05) is 13.1 Å². The van der Waals surface area contributed by atoms with Crippen molar-refractivity contribution in [3.05, 3.63) is 0 Å². The Labute approximate surface area is 158 Å². The van der Waals surface area contributed by atoms with Crippen LogP contribution in [0.25, 0.3) is 0 Å². The molecular formula is C16H33N3O8. The number of hydrogen-bond donors (Lipinski definition) is 8. The fourth-order valence-electron chi connectivity index (χ4n) is 2.10. The van der Waals surface area contributed by atoms with E-state index in [1.807, 2.05) is 6.92 Å². The van der Waals surface area contributed by atoms with Crippen molar-refractivity contribution in [3.8, 4) is 0 Å². The summed E-state index contributed by atoms with van der Waals surface area (Å²) in [6.45, 7) is 3.64. The minimum absolute atomic E-state index is 0.0340. The molecule has 8 N–H and O–H groups in total. The molecule has 0 aliphatic rings. The van der Waals surface area contributed by atoms with E-state index in [1.54, 1.807) is 0 Å². The molecule has 0 aromatic heterocycles. The number of carboxylic acid groups (broad SMARTS) is 1. The van der Waals surface area contributed by atoms with E-state index in [0.717, 1.165) is 6.42 Å². The molecule has 0 aliphatic heterocycles. The molecule has 0 spiro atoms. The highest BCUT2D eigenvalue weighted by Gasteiger charge is 2.18. The molecule has 0 aliphatic carbocycles. The second-order valence-corrected chi connectivity index (χ2v) is 6.23. The molecule has 2 unspecified atom stereocenters. The molecule has 160 valence electrons. The third-order valence-electron chi connectivity index (χ3n) is 3.66. The quantitative estimate of drug-likeness (QED) is 0.101. The molecule has 4 atom stereocenters. The molecule has 0 saturated heterocycles. The van der Waals surface area contributed by atoms with Crippen molar-refractivity contribution in [1.82, 2.24) is 16.0 Å². The minimum Gasteiger partial charge on any atom is -0.479 e. The van der Waals surface area contributed by atoms with E-state index < -0.39 is 42.7 Å². The highest BCUT2D eigenvalue weighted by Crippen LogP contribution is 2.04. The first-order chi connectivity index (χ1) is 12.7. The molecule has 0 rings (SSSR count). The van der Waals surface area contributed by atoms with Crippen LogP contribution in [0.2, 0.25) is 0 Å². The van der Waals surface area contributed by atoms with Crippen molar-refractivity contribution in [1.29, 1.82) is 0 Å². The largest absolute Gasteiger partial charge is 0.479 e. The molecule has 0 radical (unpaired) electrons. The number of carboxylic acids is 1. The van der Waals surface area contributed by atoms with Gasteiger partial charge in [-0.3, -0.25) is 10.1 Å². The Morgan fingerprint density at radius 3 is 2.26 bits per heavy atom. The number of aliphatic carboxylic acids is 1. The summed E-state index contributed by atoms with van der Waals surface area (Å²) in [7, 11) is 0. The van der Waals surface area contributed by atoms with Gasteiger partial charge in [0.1, 0.15) is 6.23 Å². The molecule has 11 heteroatoms. The van der Waals surface area contributed by atoms with Gasteiger partial charge in [-0.05, 0) is 32.7 Å². The molecule has 0 bridgehead atoms. The number of rotatable bonds is 16. The molecule has 0 amide bonds. The lowest BCUT2D eigenvalue weighted by molar-refractivity contribution is -0.162. The first kappa shape index (κ1) is 25.7. The van der Waals surface area contributed by atoms with Crippen LogP contribution >= 0.6 is 0 Å². The van der Waals surface area contributed by atoms with Crippen LogP contribution in [0.5, 0.6) is 0 Å². The van der Waals surface area contributed by atoms with Crippen LogP contribution in [-0.4, -0.2) is 94.4 Å². The van der Waals surface area contributed by atoms with Crippen molar-refractivity contribution in [2.24, 2.45) is 0 Å². The van der Waals surface area contributed by atoms with Gasteiger partial charge in [-0.25, -0.2) is 4.79 Å². The first-order valence-corrected chi connectivity index (χ1v) is 8.99. The standard InChI is InChI=1S/C16H33N3O8/c1-3-6-18-12(16(25)26)4-5-13(21)19-8-11(20)7-17-9-14(22)27-10(2)15(23)24/h10-13,16-21,25-26H,3-9H2,1-2H3,(H,23,24)/t10-,11?,12+,13?/m0/s1. The average molecular weight is 395 g/mol.